The highest BCUT2D eigenvalue weighted by atomic mass is 16.3. The van der Waals surface area contributed by atoms with Crippen LogP contribution in [0.1, 0.15) is 18.4 Å². The summed E-state index contributed by atoms with van der Waals surface area (Å²) in [5.74, 6) is 0.310. The van der Waals surface area contributed by atoms with Crippen LogP contribution < -0.4 is 0 Å². The van der Waals surface area contributed by atoms with Crippen molar-refractivity contribution in [1.82, 2.24) is 4.90 Å². The van der Waals surface area contributed by atoms with E-state index in [1.165, 1.54) is 0 Å². The van der Waals surface area contributed by atoms with E-state index in [0.717, 1.165) is 38.0 Å². The Morgan fingerprint density at radius 2 is 2.27 bits per heavy atom. The molecule has 1 aromatic carbocycles. The summed E-state index contributed by atoms with van der Waals surface area (Å²) in [6.45, 7) is 2.59. The van der Waals surface area contributed by atoms with Gasteiger partial charge in [-0.2, -0.15) is 0 Å². The number of aromatic hydroxyl groups is 1. The largest absolute Gasteiger partial charge is 0.508 e. The van der Waals surface area contributed by atoms with E-state index in [1.54, 1.807) is 12.1 Å². The number of phenolic OH excluding ortho intramolecular Hbond substituents is 1. The fraction of sp³-hybridized carbons (Fsp3) is 0.500. The summed E-state index contributed by atoms with van der Waals surface area (Å²) in [5, 5.41) is 18.8. The Balaban J connectivity index is 1.96. The molecule has 1 aliphatic heterocycles. The van der Waals surface area contributed by atoms with E-state index in [1.807, 2.05) is 12.1 Å². The van der Waals surface area contributed by atoms with Gasteiger partial charge >= 0.3 is 0 Å². The Morgan fingerprint density at radius 1 is 1.40 bits per heavy atom. The predicted octanol–water partition coefficient (Wildman–Crippen LogP) is 1.35. The summed E-state index contributed by atoms with van der Waals surface area (Å²) >= 11 is 0. The van der Waals surface area contributed by atoms with E-state index < -0.39 is 0 Å². The van der Waals surface area contributed by atoms with Crippen LogP contribution in [-0.2, 0) is 6.54 Å². The molecule has 1 unspecified atom stereocenters. The van der Waals surface area contributed by atoms with Gasteiger partial charge in [-0.05, 0) is 37.1 Å². The zero-order chi connectivity index (χ0) is 10.7. The van der Waals surface area contributed by atoms with Gasteiger partial charge in [0, 0.05) is 13.1 Å². The third kappa shape index (κ3) is 2.94. The first-order chi connectivity index (χ1) is 7.24. The maximum Gasteiger partial charge on any atom is 0.115 e. The predicted molar refractivity (Wildman–Crippen MR) is 58.6 cm³/mol. The average Bonchev–Trinajstić information content (AvgIpc) is 2.17. The lowest BCUT2D eigenvalue weighted by Crippen LogP contribution is -2.37. The van der Waals surface area contributed by atoms with Crippen LogP contribution in [-0.4, -0.2) is 34.3 Å². The lowest BCUT2D eigenvalue weighted by atomic mass is 10.1. The first kappa shape index (κ1) is 10.5. The summed E-state index contributed by atoms with van der Waals surface area (Å²) in [6.07, 6.45) is 1.78. The quantitative estimate of drug-likeness (QED) is 0.769. The zero-order valence-electron chi connectivity index (χ0n) is 8.76. The van der Waals surface area contributed by atoms with Crippen LogP contribution in [0.3, 0.4) is 0 Å². The molecule has 82 valence electrons. The van der Waals surface area contributed by atoms with Crippen LogP contribution in [0.5, 0.6) is 5.75 Å². The summed E-state index contributed by atoms with van der Waals surface area (Å²) < 4.78 is 0. The lowest BCUT2D eigenvalue weighted by molar-refractivity contribution is 0.0668. The van der Waals surface area contributed by atoms with E-state index in [9.17, 15) is 10.2 Å². The van der Waals surface area contributed by atoms with Gasteiger partial charge in [0.2, 0.25) is 0 Å². The van der Waals surface area contributed by atoms with Crippen LogP contribution in [0.15, 0.2) is 24.3 Å². The molecule has 0 radical (unpaired) electrons. The molecule has 0 saturated carbocycles. The topological polar surface area (TPSA) is 43.7 Å². The number of aliphatic hydroxyl groups is 1. The minimum absolute atomic E-state index is 0.184. The van der Waals surface area contributed by atoms with Crippen LogP contribution in [0.2, 0.25) is 0 Å². The first-order valence-electron chi connectivity index (χ1n) is 5.42. The second-order valence-electron chi connectivity index (χ2n) is 4.20. The third-order valence-electron chi connectivity index (χ3n) is 2.80. The van der Waals surface area contributed by atoms with Gasteiger partial charge in [-0.3, -0.25) is 4.90 Å². The van der Waals surface area contributed by atoms with Crippen molar-refractivity contribution in [3.63, 3.8) is 0 Å². The fourth-order valence-corrected chi connectivity index (χ4v) is 2.09. The highest BCUT2D eigenvalue weighted by Gasteiger charge is 2.17. The third-order valence-corrected chi connectivity index (χ3v) is 2.80. The van der Waals surface area contributed by atoms with Gasteiger partial charge < -0.3 is 10.2 Å². The van der Waals surface area contributed by atoms with E-state index in [4.69, 9.17) is 0 Å². The molecule has 1 atom stereocenters. The maximum atomic E-state index is 9.52. The van der Waals surface area contributed by atoms with Crippen molar-refractivity contribution < 1.29 is 10.2 Å². The second kappa shape index (κ2) is 4.64. The van der Waals surface area contributed by atoms with Crippen LogP contribution in [0.25, 0.3) is 0 Å². The molecule has 0 aliphatic carbocycles. The summed E-state index contributed by atoms with van der Waals surface area (Å²) in [4.78, 5) is 2.23. The standard InChI is InChI=1S/C12H17NO2/c14-11-4-1-3-10(7-11)8-13-6-2-5-12(15)9-13/h1,3-4,7,12,14-15H,2,5-6,8-9H2. The van der Waals surface area contributed by atoms with Gasteiger partial charge in [-0.15, -0.1) is 0 Å². The number of piperidine rings is 1. The minimum atomic E-state index is -0.184. The van der Waals surface area contributed by atoms with E-state index in [0.29, 0.717) is 5.75 Å². The highest BCUT2D eigenvalue weighted by molar-refractivity contribution is 5.27. The van der Waals surface area contributed by atoms with E-state index in [-0.39, 0.29) is 6.10 Å². The van der Waals surface area contributed by atoms with Crippen LogP contribution in [0.4, 0.5) is 0 Å². The average molecular weight is 207 g/mol. The maximum absolute atomic E-state index is 9.52. The molecule has 0 amide bonds. The number of β-amino-alcohol motifs (C(OH)–C–C–N with tert-alkyl or cyclic N) is 1. The zero-order valence-corrected chi connectivity index (χ0v) is 8.76. The fourth-order valence-electron chi connectivity index (χ4n) is 2.09. The van der Waals surface area contributed by atoms with E-state index >= 15 is 0 Å². The Labute approximate surface area is 90.0 Å². The van der Waals surface area contributed by atoms with Gasteiger partial charge in [0.25, 0.3) is 0 Å². The highest BCUT2D eigenvalue weighted by Crippen LogP contribution is 2.16. The number of rotatable bonds is 2. The number of phenols is 1. The number of nitrogens with zero attached hydrogens (tertiary/aromatic N) is 1. The Bertz CT molecular complexity index is 327. The SMILES string of the molecule is Oc1cccc(CN2CCCC(O)C2)c1. The number of hydrogen-bond acceptors (Lipinski definition) is 3. The van der Waals surface area contributed by atoms with Gasteiger partial charge in [-0.25, -0.2) is 0 Å². The number of aliphatic hydroxyl groups excluding tert-OH is 1. The number of benzene rings is 1. The molecule has 3 heteroatoms. The van der Waals surface area contributed by atoms with Crippen molar-refractivity contribution in [2.75, 3.05) is 13.1 Å². The first-order valence-corrected chi connectivity index (χ1v) is 5.42. The summed E-state index contributed by atoms with van der Waals surface area (Å²) in [7, 11) is 0. The molecule has 0 bridgehead atoms. The molecule has 2 N–H and O–H groups in total. The molecule has 3 nitrogen and oxygen atoms in total. The molecule has 0 spiro atoms. The van der Waals surface area contributed by atoms with Gasteiger partial charge in [-0.1, -0.05) is 12.1 Å². The monoisotopic (exact) mass is 207 g/mol. The van der Waals surface area contributed by atoms with Gasteiger partial charge in [0.15, 0.2) is 0 Å². The molecule has 1 saturated heterocycles. The lowest BCUT2D eigenvalue weighted by Gasteiger charge is -2.29. The van der Waals surface area contributed by atoms with Crippen LogP contribution >= 0.6 is 0 Å². The van der Waals surface area contributed by atoms with Crippen molar-refractivity contribution in [1.29, 1.82) is 0 Å². The second-order valence-corrected chi connectivity index (χ2v) is 4.20. The summed E-state index contributed by atoms with van der Waals surface area (Å²) in [5.41, 5.74) is 1.10. The molecule has 1 aromatic rings. The Hall–Kier alpha value is -1.06. The molecule has 1 aliphatic rings. The molecular formula is C12H17NO2. The van der Waals surface area contributed by atoms with Crippen molar-refractivity contribution in [3.05, 3.63) is 29.8 Å². The molecule has 1 heterocycles. The normalized spacial score (nSPS) is 22.9. The summed E-state index contributed by atoms with van der Waals surface area (Å²) in [6, 6.07) is 7.31. The molecule has 0 aromatic heterocycles. The number of hydrogen-bond donors (Lipinski definition) is 2. The van der Waals surface area contributed by atoms with E-state index in [2.05, 4.69) is 4.90 Å². The molecule has 2 rings (SSSR count). The molecule has 15 heavy (non-hydrogen) atoms. The Morgan fingerprint density at radius 3 is 3.00 bits per heavy atom. The molecular weight excluding hydrogens is 190 g/mol. The van der Waals surface area contributed by atoms with Crippen molar-refractivity contribution in [2.45, 2.75) is 25.5 Å². The number of likely N-dealkylation sites (tertiary alicyclic amines) is 1. The Kier molecular flexibility index (Phi) is 3.23. The van der Waals surface area contributed by atoms with Gasteiger partial charge in [0.1, 0.15) is 5.75 Å². The van der Waals surface area contributed by atoms with Gasteiger partial charge in [0.05, 0.1) is 6.10 Å². The van der Waals surface area contributed by atoms with Crippen molar-refractivity contribution in [2.24, 2.45) is 0 Å². The molecule has 1 fully saturated rings. The minimum Gasteiger partial charge on any atom is -0.508 e. The van der Waals surface area contributed by atoms with Crippen LogP contribution in [0, 0.1) is 0 Å². The van der Waals surface area contributed by atoms with Crippen molar-refractivity contribution >= 4 is 0 Å². The smallest absolute Gasteiger partial charge is 0.115 e. The van der Waals surface area contributed by atoms with Crippen molar-refractivity contribution in [3.8, 4) is 5.75 Å².